The number of benzene rings is 2. The Labute approximate surface area is 154 Å². The zero-order valence-electron chi connectivity index (χ0n) is 13.1. The molecule has 0 unspecified atom stereocenters. The smallest absolute Gasteiger partial charge is 0.187 e. The molecule has 2 aromatic carbocycles. The van der Waals surface area contributed by atoms with Crippen LogP contribution in [-0.4, -0.2) is 19.5 Å². The van der Waals surface area contributed by atoms with Crippen molar-refractivity contribution in [1.29, 1.82) is 5.26 Å². The molecule has 0 heterocycles. The predicted octanol–water partition coefficient (Wildman–Crippen LogP) is 4.94. The Balaban J connectivity index is 2.23. The van der Waals surface area contributed by atoms with Crippen molar-refractivity contribution in [2.45, 2.75) is 0 Å². The zero-order valence-corrected chi connectivity index (χ0v) is 14.6. The number of halogens is 3. The van der Waals surface area contributed by atoms with Gasteiger partial charge in [-0.15, -0.1) is 0 Å². The summed E-state index contributed by atoms with van der Waals surface area (Å²) in [6.07, 6.45) is 2.79. The molecule has 128 valence electrons. The second kappa shape index (κ2) is 8.52. The first-order valence-electron chi connectivity index (χ1n) is 7.01. The van der Waals surface area contributed by atoms with Crippen molar-refractivity contribution in [3.63, 3.8) is 0 Å². The molecule has 0 aliphatic rings. The van der Waals surface area contributed by atoms with Crippen LogP contribution in [-0.2, 0) is 0 Å². The van der Waals surface area contributed by atoms with Gasteiger partial charge in [-0.1, -0.05) is 35.3 Å². The number of hydrogen-bond acceptors (Lipinski definition) is 4. The Kier molecular flexibility index (Phi) is 6.40. The molecule has 0 bridgehead atoms. The number of ether oxygens (including phenoxy) is 2. The molecule has 0 aliphatic carbocycles. The van der Waals surface area contributed by atoms with Gasteiger partial charge in [0, 0.05) is 5.56 Å². The van der Waals surface area contributed by atoms with E-state index in [2.05, 4.69) is 0 Å². The number of rotatable bonds is 6. The van der Waals surface area contributed by atoms with Crippen molar-refractivity contribution >= 4 is 35.1 Å². The van der Waals surface area contributed by atoms with E-state index in [0.29, 0.717) is 17.1 Å². The van der Waals surface area contributed by atoms with E-state index in [4.69, 9.17) is 37.9 Å². The number of carbonyl (C=O) groups excluding carboxylic acids is 1. The molecule has 25 heavy (non-hydrogen) atoms. The lowest BCUT2D eigenvalue weighted by atomic mass is 10.1. The lowest BCUT2D eigenvalue weighted by molar-refractivity contribution is 0.104. The highest BCUT2D eigenvalue weighted by Crippen LogP contribution is 2.29. The summed E-state index contributed by atoms with van der Waals surface area (Å²) in [5.74, 6) is -0.358. The third-order valence-corrected chi connectivity index (χ3v) is 3.78. The average molecular weight is 380 g/mol. The van der Waals surface area contributed by atoms with Crippen LogP contribution in [0.15, 0.2) is 36.4 Å². The van der Waals surface area contributed by atoms with Crippen LogP contribution < -0.4 is 9.47 Å². The van der Waals surface area contributed by atoms with Crippen LogP contribution in [0.5, 0.6) is 11.5 Å². The molecule has 0 atom stereocenters. The topological polar surface area (TPSA) is 59.3 Å². The molecule has 0 aromatic heterocycles. The maximum absolute atomic E-state index is 13.5. The summed E-state index contributed by atoms with van der Waals surface area (Å²) in [5, 5.41) is 8.47. The van der Waals surface area contributed by atoms with Crippen LogP contribution in [0.25, 0.3) is 6.08 Å². The summed E-state index contributed by atoms with van der Waals surface area (Å²) in [6.45, 7) is -0.106. The maximum Gasteiger partial charge on any atom is 0.187 e. The van der Waals surface area contributed by atoms with E-state index in [1.54, 1.807) is 18.2 Å². The highest BCUT2D eigenvalue weighted by Gasteiger charge is 2.12. The molecule has 0 fully saturated rings. The number of hydrogen-bond donors (Lipinski definition) is 0. The van der Waals surface area contributed by atoms with Gasteiger partial charge in [0.05, 0.1) is 17.2 Å². The third-order valence-electron chi connectivity index (χ3n) is 3.18. The van der Waals surface area contributed by atoms with Gasteiger partial charge in [0.15, 0.2) is 23.9 Å². The lowest BCUT2D eigenvalue weighted by Crippen LogP contribution is -1.98. The molecule has 0 aliphatic heterocycles. The maximum atomic E-state index is 13.5. The Hall–Kier alpha value is -2.55. The molecule has 0 spiro atoms. The molecule has 4 nitrogen and oxygen atoms in total. The van der Waals surface area contributed by atoms with Crippen molar-refractivity contribution in [2.75, 3.05) is 13.7 Å². The Bertz CT molecular complexity index is 875. The third kappa shape index (κ3) is 4.72. The van der Waals surface area contributed by atoms with Crippen LogP contribution in [0.3, 0.4) is 0 Å². The normalized spacial score (nSPS) is 10.5. The van der Waals surface area contributed by atoms with Crippen LogP contribution in [0.2, 0.25) is 10.0 Å². The summed E-state index contributed by atoms with van der Waals surface area (Å²) in [4.78, 5) is 12.2. The fourth-order valence-electron chi connectivity index (χ4n) is 1.99. The van der Waals surface area contributed by atoms with Gasteiger partial charge in [0.25, 0.3) is 0 Å². The number of carbonyl (C=O) groups is 1. The minimum Gasteiger partial charge on any atom is -0.493 e. The Morgan fingerprint density at radius 3 is 2.68 bits per heavy atom. The van der Waals surface area contributed by atoms with E-state index in [0.717, 1.165) is 6.07 Å². The first-order valence-corrected chi connectivity index (χ1v) is 7.76. The van der Waals surface area contributed by atoms with Gasteiger partial charge < -0.3 is 9.47 Å². The molecule has 0 amide bonds. The molecule has 2 rings (SSSR count). The number of nitriles is 1. The van der Waals surface area contributed by atoms with E-state index in [1.165, 1.54) is 25.3 Å². The number of nitrogens with zero attached hydrogens (tertiary/aromatic N) is 1. The first-order chi connectivity index (χ1) is 12.0. The summed E-state index contributed by atoms with van der Waals surface area (Å²) < 4.78 is 23.9. The van der Waals surface area contributed by atoms with Gasteiger partial charge in [0.1, 0.15) is 11.9 Å². The average Bonchev–Trinajstić information content (AvgIpc) is 2.61. The number of ketones is 1. The number of allylic oxidation sites excluding steroid dienone is 1. The van der Waals surface area contributed by atoms with Crippen molar-refractivity contribution < 1.29 is 18.7 Å². The minimum absolute atomic E-state index is 0.0146. The molecule has 2 aromatic rings. The van der Waals surface area contributed by atoms with Crippen molar-refractivity contribution in [1.82, 2.24) is 0 Å². The van der Waals surface area contributed by atoms with E-state index >= 15 is 0 Å². The number of methoxy groups -OCH3 is 1. The van der Waals surface area contributed by atoms with E-state index in [-0.39, 0.29) is 22.2 Å². The van der Waals surface area contributed by atoms with E-state index in [1.807, 2.05) is 6.07 Å². The summed E-state index contributed by atoms with van der Waals surface area (Å²) in [7, 11) is 1.46. The van der Waals surface area contributed by atoms with Crippen molar-refractivity contribution in [3.8, 4) is 17.6 Å². The highest BCUT2D eigenvalue weighted by molar-refractivity contribution is 6.37. The highest BCUT2D eigenvalue weighted by atomic mass is 35.5. The zero-order chi connectivity index (χ0) is 18.4. The largest absolute Gasteiger partial charge is 0.493 e. The Morgan fingerprint density at radius 1 is 1.24 bits per heavy atom. The van der Waals surface area contributed by atoms with Gasteiger partial charge in [-0.25, -0.2) is 4.39 Å². The lowest BCUT2D eigenvalue weighted by Gasteiger charge is -2.08. The summed E-state index contributed by atoms with van der Waals surface area (Å²) in [5.41, 5.74) is 0.667. The molecule has 0 radical (unpaired) electrons. The molecular weight excluding hydrogens is 368 g/mol. The van der Waals surface area contributed by atoms with Gasteiger partial charge in [-0.3, -0.25) is 4.79 Å². The monoisotopic (exact) mass is 379 g/mol. The molecular formula is C18H12Cl2FNO3. The standard InChI is InChI=1S/C18H12Cl2FNO3/c1-24-18-8-11(3-5-17(18)25-7-6-22)2-4-16(23)12-9-15(21)14(20)10-13(12)19/h2-5,8-10H,7H2,1H3/b4-2+. The van der Waals surface area contributed by atoms with Gasteiger partial charge in [-0.2, -0.15) is 5.26 Å². The summed E-state index contributed by atoms with van der Waals surface area (Å²) >= 11 is 11.5. The van der Waals surface area contributed by atoms with Gasteiger partial charge in [0.2, 0.25) is 0 Å². The second-order valence-corrected chi connectivity index (χ2v) is 5.62. The van der Waals surface area contributed by atoms with Crippen LogP contribution in [0.4, 0.5) is 4.39 Å². The van der Waals surface area contributed by atoms with Crippen molar-refractivity contribution in [2.24, 2.45) is 0 Å². The molecule has 7 heteroatoms. The van der Waals surface area contributed by atoms with E-state index < -0.39 is 11.6 Å². The minimum atomic E-state index is -0.719. The van der Waals surface area contributed by atoms with Crippen LogP contribution >= 0.6 is 23.2 Å². The van der Waals surface area contributed by atoms with Gasteiger partial charge in [-0.05, 0) is 35.9 Å². The molecule has 0 saturated heterocycles. The molecule has 0 saturated carbocycles. The molecule has 0 N–H and O–H groups in total. The fraction of sp³-hybridized carbons (Fsp3) is 0.111. The second-order valence-electron chi connectivity index (χ2n) is 4.80. The van der Waals surface area contributed by atoms with Gasteiger partial charge >= 0.3 is 0 Å². The van der Waals surface area contributed by atoms with E-state index in [9.17, 15) is 9.18 Å². The first kappa shape index (κ1) is 18.8. The predicted molar refractivity (Wildman–Crippen MR) is 93.9 cm³/mol. The van der Waals surface area contributed by atoms with Crippen LogP contribution in [0.1, 0.15) is 15.9 Å². The summed E-state index contributed by atoms with van der Waals surface area (Å²) in [6, 6.07) is 8.99. The fourth-order valence-corrected chi connectivity index (χ4v) is 2.47. The van der Waals surface area contributed by atoms with Crippen molar-refractivity contribution in [3.05, 3.63) is 63.4 Å². The van der Waals surface area contributed by atoms with Crippen LogP contribution in [0, 0.1) is 17.1 Å². The quantitative estimate of drug-likeness (QED) is 0.405. The SMILES string of the molecule is COc1cc(/C=C/C(=O)c2cc(F)c(Cl)cc2Cl)ccc1OCC#N. The Morgan fingerprint density at radius 2 is 2.00 bits per heavy atom.